The molecule has 114 valence electrons. The summed E-state index contributed by atoms with van der Waals surface area (Å²) in [6.07, 6.45) is 5.84. The van der Waals surface area contributed by atoms with Crippen LogP contribution < -0.4 is 5.32 Å². The average molecular weight is 303 g/mol. The van der Waals surface area contributed by atoms with E-state index in [0.717, 1.165) is 41.4 Å². The van der Waals surface area contributed by atoms with Crippen molar-refractivity contribution in [2.45, 2.75) is 6.92 Å². The van der Waals surface area contributed by atoms with Crippen LogP contribution in [-0.4, -0.2) is 33.3 Å². The summed E-state index contributed by atoms with van der Waals surface area (Å²) in [4.78, 5) is 9.39. The predicted octanol–water partition coefficient (Wildman–Crippen LogP) is 2.83. The average Bonchev–Trinajstić information content (AvgIpc) is 3.29. The highest BCUT2D eigenvalue weighted by molar-refractivity contribution is 5.80. The number of aromatic nitrogens is 4. The molecule has 2 N–H and O–H groups in total. The Labute approximate surface area is 134 Å². The lowest BCUT2D eigenvalue weighted by Gasteiger charge is -2.10. The molecule has 2 aromatic heterocycles. The van der Waals surface area contributed by atoms with E-state index in [4.69, 9.17) is 4.98 Å². The number of H-pyrrole nitrogens is 1. The standard InChI is InChI=1S/C18H17N5/c1-12-2-4-13(5-3-12)18-20-11-15(14-6-8-19-10-14)17(22-18)16-7-9-21-23-16/h2-7,9,11,19H,8,10H2,1H3,(H,21,23). The Kier molecular flexibility index (Phi) is 3.48. The number of hydrogen-bond donors (Lipinski definition) is 2. The molecule has 0 bridgehead atoms. The summed E-state index contributed by atoms with van der Waals surface area (Å²) >= 11 is 0. The van der Waals surface area contributed by atoms with Crippen LogP contribution in [0, 0.1) is 6.92 Å². The lowest BCUT2D eigenvalue weighted by molar-refractivity contribution is 0.896. The Hall–Kier alpha value is -2.79. The van der Waals surface area contributed by atoms with E-state index >= 15 is 0 Å². The summed E-state index contributed by atoms with van der Waals surface area (Å²) in [5.41, 5.74) is 6.31. The van der Waals surface area contributed by atoms with E-state index in [9.17, 15) is 0 Å². The second-order valence-corrected chi connectivity index (χ2v) is 5.65. The summed E-state index contributed by atoms with van der Waals surface area (Å²) in [5.74, 6) is 0.727. The van der Waals surface area contributed by atoms with Gasteiger partial charge in [0.1, 0.15) is 0 Å². The van der Waals surface area contributed by atoms with Crippen molar-refractivity contribution in [2.24, 2.45) is 0 Å². The molecule has 3 aromatic rings. The molecule has 0 radical (unpaired) electrons. The molecule has 5 heteroatoms. The maximum Gasteiger partial charge on any atom is 0.159 e. The lowest BCUT2D eigenvalue weighted by Crippen LogP contribution is -2.08. The highest BCUT2D eigenvalue weighted by Gasteiger charge is 2.16. The smallest absolute Gasteiger partial charge is 0.159 e. The summed E-state index contributed by atoms with van der Waals surface area (Å²) in [7, 11) is 0. The van der Waals surface area contributed by atoms with Crippen molar-refractivity contribution in [3.05, 3.63) is 59.9 Å². The maximum absolute atomic E-state index is 4.81. The van der Waals surface area contributed by atoms with Gasteiger partial charge in [-0.1, -0.05) is 35.9 Å². The van der Waals surface area contributed by atoms with Crippen molar-refractivity contribution in [1.82, 2.24) is 25.5 Å². The minimum absolute atomic E-state index is 0.727. The molecule has 0 saturated carbocycles. The van der Waals surface area contributed by atoms with Crippen LogP contribution in [0.15, 0.2) is 48.8 Å². The number of hydrogen-bond acceptors (Lipinski definition) is 4. The Bertz CT molecular complexity index is 848. The maximum atomic E-state index is 4.81. The summed E-state index contributed by atoms with van der Waals surface area (Å²) in [6.45, 7) is 3.80. The fraction of sp³-hybridized carbons (Fsp3) is 0.167. The van der Waals surface area contributed by atoms with E-state index in [1.54, 1.807) is 6.20 Å². The van der Waals surface area contributed by atoms with Crippen molar-refractivity contribution in [2.75, 3.05) is 13.1 Å². The van der Waals surface area contributed by atoms with E-state index in [1.807, 2.05) is 12.3 Å². The van der Waals surface area contributed by atoms with E-state index < -0.39 is 0 Å². The molecule has 0 atom stereocenters. The van der Waals surface area contributed by atoms with E-state index in [1.165, 1.54) is 11.1 Å². The molecule has 1 aromatic carbocycles. The summed E-state index contributed by atoms with van der Waals surface area (Å²) < 4.78 is 0. The molecule has 0 unspecified atom stereocenters. The van der Waals surface area contributed by atoms with Gasteiger partial charge in [0, 0.05) is 36.6 Å². The number of nitrogens with one attached hydrogen (secondary N) is 2. The van der Waals surface area contributed by atoms with E-state index in [2.05, 4.69) is 57.8 Å². The molecule has 0 aliphatic carbocycles. The van der Waals surface area contributed by atoms with Gasteiger partial charge in [-0.2, -0.15) is 5.10 Å². The van der Waals surface area contributed by atoms with Crippen LogP contribution in [-0.2, 0) is 0 Å². The molecule has 3 heterocycles. The first-order valence-corrected chi connectivity index (χ1v) is 7.65. The first kappa shape index (κ1) is 13.8. The lowest BCUT2D eigenvalue weighted by atomic mass is 10.0. The summed E-state index contributed by atoms with van der Waals surface area (Å²) in [6, 6.07) is 10.2. The third-order valence-corrected chi connectivity index (χ3v) is 4.01. The molecule has 23 heavy (non-hydrogen) atoms. The molecule has 0 fully saturated rings. The topological polar surface area (TPSA) is 66.5 Å². The Morgan fingerprint density at radius 1 is 1.09 bits per heavy atom. The highest BCUT2D eigenvalue weighted by atomic mass is 15.1. The van der Waals surface area contributed by atoms with Gasteiger partial charge in [-0.05, 0) is 18.6 Å². The molecule has 5 nitrogen and oxygen atoms in total. The molecule has 1 aliphatic heterocycles. The second kappa shape index (κ2) is 5.78. The zero-order valence-electron chi connectivity index (χ0n) is 12.9. The minimum Gasteiger partial charge on any atom is -0.309 e. The zero-order valence-corrected chi connectivity index (χ0v) is 12.9. The first-order valence-electron chi connectivity index (χ1n) is 7.65. The molecular formula is C18H17N5. The number of aromatic amines is 1. The number of rotatable bonds is 3. The van der Waals surface area contributed by atoms with Gasteiger partial charge in [-0.3, -0.25) is 5.10 Å². The molecule has 0 spiro atoms. The molecule has 0 saturated heterocycles. The SMILES string of the molecule is Cc1ccc(-c2ncc(C3=CCNC3)c(-c3ccn[nH]3)n2)cc1. The predicted molar refractivity (Wildman–Crippen MR) is 90.6 cm³/mol. The van der Waals surface area contributed by atoms with E-state index in [0.29, 0.717) is 0 Å². The van der Waals surface area contributed by atoms with Crippen molar-refractivity contribution in [3.8, 4) is 22.8 Å². The molecule has 1 aliphatic rings. The van der Waals surface area contributed by atoms with Gasteiger partial charge in [0.2, 0.25) is 0 Å². The quantitative estimate of drug-likeness (QED) is 0.781. The third-order valence-electron chi connectivity index (χ3n) is 4.01. The fourth-order valence-corrected chi connectivity index (χ4v) is 2.73. The second-order valence-electron chi connectivity index (χ2n) is 5.65. The van der Waals surface area contributed by atoms with Gasteiger partial charge < -0.3 is 5.32 Å². The van der Waals surface area contributed by atoms with Crippen LogP contribution in [0.3, 0.4) is 0 Å². The molecule has 0 amide bonds. The van der Waals surface area contributed by atoms with Crippen LogP contribution in [0.4, 0.5) is 0 Å². The normalized spacial score (nSPS) is 14.0. The number of benzene rings is 1. The van der Waals surface area contributed by atoms with Crippen LogP contribution >= 0.6 is 0 Å². The largest absolute Gasteiger partial charge is 0.309 e. The zero-order chi connectivity index (χ0) is 15.6. The highest BCUT2D eigenvalue weighted by Crippen LogP contribution is 2.28. The van der Waals surface area contributed by atoms with Gasteiger partial charge in [-0.25, -0.2) is 9.97 Å². The first-order chi connectivity index (χ1) is 11.3. The van der Waals surface area contributed by atoms with Crippen molar-refractivity contribution < 1.29 is 0 Å². The minimum atomic E-state index is 0.727. The van der Waals surface area contributed by atoms with Crippen LogP contribution in [0.1, 0.15) is 11.1 Å². The van der Waals surface area contributed by atoms with Crippen molar-refractivity contribution in [3.63, 3.8) is 0 Å². The van der Waals surface area contributed by atoms with Crippen molar-refractivity contribution in [1.29, 1.82) is 0 Å². The van der Waals surface area contributed by atoms with Gasteiger partial charge in [0.25, 0.3) is 0 Å². The van der Waals surface area contributed by atoms with Gasteiger partial charge in [0.05, 0.1) is 11.4 Å². The van der Waals surface area contributed by atoms with Crippen LogP contribution in [0.5, 0.6) is 0 Å². The van der Waals surface area contributed by atoms with Crippen molar-refractivity contribution >= 4 is 5.57 Å². The number of nitrogens with zero attached hydrogens (tertiary/aromatic N) is 3. The van der Waals surface area contributed by atoms with Crippen LogP contribution in [0.2, 0.25) is 0 Å². The van der Waals surface area contributed by atoms with Gasteiger partial charge in [0.15, 0.2) is 5.82 Å². The van der Waals surface area contributed by atoms with E-state index in [-0.39, 0.29) is 0 Å². The summed E-state index contributed by atoms with van der Waals surface area (Å²) in [5, 5.41) is 10.4. The Morgan fingerprint density at radius 3 is 2.65 bits per heavy atom. The Balaban J connectivity index is 1.84. The molecular weight excluding hydrogens is 286 g/mol. The van der Waals surface area contributed by atoms with Gasteiger partial charge >= 0.3 is 0 Å². The third kappa shape index (κ3) is 2.66. The Morgan fingerprint density at radius 2 is 1.96 bits per heavy atom. The van der Waals surface area contributed by atoms with Gasteiger partial charge in [-0.15, -0.1) is 0 Å². The fourth-order valence-electron chi connectivity index (χ4n) is 2.73. The number of aryl methyl sites for hydroxylation is 1. The van der Waals surface area contributed by atoms with Crippen LogP contribution in [0.25, 0.3) is 28.3 Å². The monoisotopic (exact) mass is 303 g/mol. The molecule has 4 rings (SSSR count).